The van der Waals surface area contributed by atoms with Crippen LogP contribution in [-0.4, -0.2) is 22.2 Å². The SMILES string of the molecule is O=CNC1(c2cc(-c3[nH]c4c(c3Nc3ccccc3)C(=O)CC3(CC3)C4)ccn2)CC1. The molecule has 3 N–H and O–H groups in total. The van der Waals surface area contributed by atoms with E-state index >= 15 is 0 Å². The minimum Gasteiger partial charge on any atom is -0.356 e. The highest BCUT2D eigenvalue weighted by Crippen LogP contribution is 2.56. The lowest BCUT2D eigenvalue weighted by molar-refractivity contribution is -0.110. The van der Waals surface area contributed by atoms with Crippen LogP contribution in [0.1, 0.15) is 53.8 Å². The van der Waals surface area contributed by atoms with Crippen LogP contribution in [0.2, 0.25) is 0 Å². The van der Waals surface area contributed by atoms with E-state index in [4.69, 9.17) is 0 Å². The number of nitrogens with zero attached hydrogens (tertiary/aromatic N) is 1. The molecule has 3 aromatic rings. The van der Waals surface area contributed by atoms with Crippen molar-refractivity contribution in [3.63, 3.8) is 0 Å². The second kappa shape index (κ2) is 6.54. The molecule has 156 valence electrons. The highest BCUT2D eigenvalue weighted by molar-refractivity contribution is 6.08. The number of pyridine rings is 1. The summed E-state index contributed by atoms with van der Waals surface area (Å²) in [5.74, 6) is 0.218. The zero-order chi connectivity index (χ0) is 21.1. The minimum atomic E-state index is -0.356. The Morgan fingerprint density at radius 1 is 1.03 bits per heavy atom. The number of nitrogens with one attached hydrogen (secondary N) is 3. The summed E-state index contributed by atoms with van der Waals surface area (Å²) in [5.41, 5.74) is 6.17. The molecule has 1 amide bonds. The number of ketones is 1. The number of aromatic nitrogens is 2. The van der Waals surface area contributed by atoms with Gasteiger partial charge in [0.1, 0.15) is 0 Å². The molecule has 0 unspecified atom stereocenters. The van der Waals surface area contributed by atoms with Crippen LogP contribution in [0.5, 0.6) is 0 Å². The van der Waals surface area contributed by atoms with E-state index in [1.807, 2.05) is 42.5 Å². The molecule has 1 spiro atoms. The van der Waals surface area contributed by atoms with Gasteiger partial charge in [-0.25, -0.2) is 0 Å². The highest BCUT2D eigenvalue weighted by atomic mass is 16.1. The van der Waals surface area contributed by atoms with Gasteiger partial charge in [0.2, 0.25) is 6.41 Å². The number of anilines is 2. The Balaban J connectivity index is 1.47. The first-order valence-electron chi connectivity index (χ1n) is 10.9. The van der Waals surface area contributed by atoms with Crippen molar-refractivity contribution in [1.82, 2.24) is 15.3 Å². The molecule has 0 saturated heterocycles. The Hall–Kier alpha value is -3.41. The molecule has 6 nitrogen and oxygen atoms in total. The fourth-order valence-corrected chi connectivity index (χ4v) is 4.96. The Bertz CT molecular complexity index is 1190. The lowest BCUT2D eigenvalue weighted by Crippen LogP contribution is -2.28. The van der Waals surface area contributed by atoms with Gasteiger partial charge in [0.05, 0.1) is 28.2 Å². The van der Waals surface area contributed by atoms with E-state index in [-0.39, 0.29) is 16.7 Å². The van der Waals surface area contributed by atoms with E-state index in [0.717, 1.165) is 78.1 Å². The molecule has 2 fully saturated rings. The van der Waals surface area contributed by atoms with Gasteiger partial charge in [0.25, 0.3) is 0 Å². The number of para-hydroxylation sites is 1. The first-order valence-corrected chi connectivity index (χ1v) is 10.9. The third-order valence-corrected chi connectivity index (χ3v) is 7.07. The molecule has 31 heavy (non-hydrogen) atoms. The molecule has 3 aliphatic carbocycles. The molecule has 6 rings (SSSR count). The van der Waals surface area contributed by atoms with Crippen molar-refractivity contribution < 1.29 is 9.59 Å². The van der Waals surface area contributed by atoms with E-state index in [9.17, 15) is 9.59 Å². The maximum Gasteiger partial charge on any atom is 0.207 e. The summed E-state index contributed by atoms with van der Waals surface area (Å²) in [7, 11) is 0. The van der Waals surface area contributed by atoms with E-state index in [1.165, 1.54) is 0 Å². The number of amides is 1. The van der Waals surface area contributed by atoms with Gasteiger partial charge < -0.3 is 15.6 Å². The summed E-state index contributed by atoms with van der Waals surface area (Å²) in [4.78, 5) is 32.4. The third-order valence-electron chi connectivity index (χ3n) is 7.07. The number of hydrogen-bond donors (Lipinski definition) is 3. The lowest BCUT2D eigenvalue weighted by Gasteiger charge is -2.21. The minimum absolute atomic E-state index is 0.172. The van der Waals surface area contributed by atoms with Crippen LogP contribution >= 0.6 is 0 Å². The molecule has 2 saturated carbocycles. The van der Waals surface area contributed by atoms with Gasteiger partial charge in [-0.15, -0.1) is 0 Å². The molecule has 6 heteroatoms. The second-order valence-electron chi connectivity index (χ2n) is 9.27. The van der Waals surface area contributed by atoms with Crippen LogP contribution in [0.4, 0.5) is 11.4 Å². The summed E-state index contributed by atoms with van der Waals surface area (Å²) >= 11 is 0. The molecule has 0 aliphatic heterocycles. The molecule has 3 aliphatic rings. The maximum atomic E-state index is 13.2. The van der Waals surface area contributed by atoms with Crippen molar-refractivity contribution in [2.75, 3.05) is 5.32 Å². The van der Waals surface area contributed by atoms with E-state index in [0.29, 0.717) is 6.42 Å². The summed E-state index contributed by atoms with van der Waals surface area (Å²) in [6.07, 6.45) is 8.14. The van der Waals surface area contributed by atoms with Crippen LogP contribution in [0, 0.1) is 5.41 Å². The van der Waals surface area contributed by atoms with Gasteiger partial charge in [-0.2, -0.15) is 0 Å². The van der Waals surface area contributed by atoms with Gasteiger partial charge in [-0.1, -0.05) is 18.2 Å². The normalized spacial score (nSPS) is 19.5. The number of Topliss-reactive ketones (excluding diaryl/α,β-unsaturated/α-hetero) is 1. The fraction of sp³-hybridized carbons (Fsp3) is 0.320. The summed E-state index contributed by atoms with van der Waals surface area (Å²) in [6, 6.07) is 13.9. The van der Waals surface area contributed by atoms with Crippen molar-refractivity contribution >= 4 is 23.6 Å². The van der Waals surface area contributed by atoms with Crippen LogP contribution in [0.25, 0.3) is 11.3 Å². The maximum absolute atomic E-state index is 13.2. The molecule has 0 atom stereocenters. The Morgan fingerprint density at radius 2 is 1.84 bits per heavy atom. The van der Waals surface area contributed by atoms with Gasteiger partial charge in [-0.3, -0.25) is 14.6 Å². The van der Waals surface area contributed by atoms with Gasteiger partial charge in [0.15, 0.2) is 5.78 Å². The van der Waals surface area contributed by atoms with E-state index in [1.54, 1.807) is 6.20 Å². The zero-order valence-electron chi connectivity index (χ0n) is 17.2. The number of carbonyl (C=O) groups is 2. The highest BCUT2D eigenvalue weighted by Gasteiger charge is 2.49. The lowest BCUT2D eigenvalue weighted by atomic mass is 9.83. The van der Waals surface area contributed by atoms with Gasteiger partial charge >= 0.3 is 0 Å². The Morgan fingerprint density at radius 3 is 2.55 bits per heavy atom. The number of carbonyl (C=O) groups excluding carboxylic acids is 2. The molecule has 2 aromatic heterocycles. The third kappa shape index (κ3) is 3.05. The number of hydrogen-bond acceptors (Lipinski definition) is 4. The van der Waals surface area contributed by atoms with E-state index in [2.05, 4.69) is 20.6 Å². The van der Waals surface area contributed by atoms with Crippen molar-refractivity contribution in [1.29, 1.82) is 0 Å². The summed E-state index contributed by atoms with van der Waals surface area (Å²) < 4.78 is 0. The predicted molar refractivity (Wildman–Crippen MR) is 118 cm³/mol. The smallest absolute Gasteiger partial charge is 0.207 e. The Labute approximate surface area is 180 Å². The Kier molecular flexibility index (Phi) is 3.88. The monoisotopic (exact) mass is 412 g/mol. The van der Waals surface area contributed by atoms with Crippen LogP contribution < -0.4 is 10.6 Å². The van der Waals surface area contributed by atoms with Crippen LogP contribution in [0.3, 0.4) is 0 Å². The molecule has 1 aromatic carbocycles. The quantitative estimate of drug-likeness (QED) is 0.522. The number of fused-ring (bicyclic) bond motifs is 1. The van der Waals surface area contributed by atoms with Gasteiger partial charge in [0, 0.05) is 29.6 Å². The number of benzene rings is 1. The van der Waals surface area contributed by atoms with Crippen molar-refractivity contribution in [2.45, 2.75) is 44.1 Å². The van der Waals surface area contributed by atoms with Crippen molar-refractivity contribution in [3.8, 4) is 11.3 Å². The van der Waals surface area contributed by atoms with Crippen molar-refractivity contribution in [3.05, 3.63) is 65.6 Å². The first kappa shape index (κ1) is 18.4. The fourth-order valence-electron chi connectivity index (χ4n) is 4.96. The molecular weight excluding hydrogens is 388 g/mol. The summed E-state index contributed by atoms with van der Waals surface area (Å²) in [5, 5.41) is 6.45. The topological polar surface area (TPSA) is 86.9 Å². The first-order chi connectivity index (χ1) is 15.1. The predicted octanol–water partition coefficient (Wildman–Crippen LogP) is 4.46. The second-order valence-corrected chi connectivity index (χ2v) is 9.27. The van der Waals surface area contributed by atoms with Crippen molar-refractivity contribution in [2.24, 2.45) is 5.41 Å². The number of rotatable bonds is 6. The summed E-state index contributed by atoms with van der Waals surface area (Å²) in [6.45, 7) is 0. The van der Waals surface area contributed by atoms with Gasteiger partial charge in [-0.05, 0) is 61.8 Å². The van der Waals surface area contributed by atoms with E-state index < -0.39 is 0 Å². The number of aromatic amines is 1. The molecule has 2 heterocycles. The largest absolute Gasteiger partial charge is 0.356 e. The number of H-pyrrole nitrogens is 1. The average Bonchev–Trinajstić information content (AvgIpc) is 3.69. The average molecular weight is 412 g/mol. The van der Waals surface area contributed by atoms with Crippen LogP contribution in [0.15, 0.2) is 48.7 Å². The standard InChI is InChI=1S/C25H24N4O2/c30-15-27-25(9-10-25)20-12-16(6-11-26-20)22-23(28-17-4-2-1-3-5-17)21-18(29-22)13-24(7-8-24)14-19(21)31/h1-6,11-12,15,28-29H,7-10,13-14H2,(H,27,30). The molecule has 0 bridgehead atoms. The zero-order valence-corrected chi connectivity index (χ0v) is 17.2. The van der Waals surface area contributed by atoms with Crippen LogP contribution in [-0.2, 0) is 16.8 Å². The molecular formula is C25H24N4O2. The molecule has 0 radical (unpaired) electrons.